The highest BCUT2D eigenvalue weighted by Crippen LogP contribution is 2.37. The summed E-state index contributed by atoms with van der Waals surface area (Å²) in [6.07, 6.45) is -2.80. The molecule has 0 aliphatic rings. The number of alkyl halides is 3. The molecule has 24 heavy (non-hydrogen) atoms. The lowest BCUT2D eigenvalue weighted by Gasteiger charge is -2.38. The number of rotatable bonds is 6. The smallest absolute Gasteiger partial charge is 0.416 e. The zero-order chi connectivity index (χ0) is 18.6. The maximum Gasteiger partial charge on any atom is 0.416 e. The third-order valence-corrected chi connectivity index (χ3v) is 9.03. The Bertz CT molecular complexity index is 566. The lowest BCUT2D eigenvalue weighted by molar-refractivity contribution is -0.137. The van der Waals surface area contributed by atoms with Crippen molar-refractivity contribution in [3.8, 4) is 5.75 Å². The van der Waals surface area contributed by atoms with Crippen LogP contribution in [0.25, 0.3) is 0 Å². The monoisotopic (exact) mass is 472 g/mol. The molecule has 0 spiro atoms. The van der Waals surface area contributed by atoms with Gasteiger partial charge in [-0.15, -0.1) is 0 Å². The van der Waals surface area contributed by atoms with Gasteiger partial charge in [-0.25, -0.2) is 0 Å². The molecule has 0 aliphatic heterocycles. The molecule has 0 bridgehead atoms. The Kier molecular flexibility index (Phi) is 7.37. The minimum atomic E-state index is -4.38. The predicted molar refractivity (Wildman–Crippen MR) is 102 cm³/mol. The molecule has 0 saturated heterocycles. The van der Waals surface area contributed by atoms with Crippen LogP contribution in [0, 0.1) is 0 Å². The summed E-state index contributed by atoms with van der Waals surface area (Å²) in [6.45, 7) is 10.8. The standard InChI is InChI=1S/C17H24F3IO2Si/c1-16(2,3)24(4,5)23-15(9-10-21)12-22-14-8-6-7-13(11-14)17(18,19)20/h6-11,15H,12H2,1-5H3/b10-9+. The van der Waals surface area contributed by atoms with E-state index >= 15 is 0 Å². The van der Waals surface area contributed by atoms with Crippen molar-refractivity contribution in [2.45, 2.75) is 51.2 Å². The highest BCUT2D eigenvalue weighted by Gasteiger charge is 2.39. The second-order valence-electron chi connectivity index (χ2n) is 7.07. The van der Waals surface area contributed by atoms with E-state index in [4.69, 9.17) is 9.16 Å². The Labute approximate surface area is 156 Å². The van der Waals surface area contributed by atoms with E-state index in [9.17, 15) is 13.2 Å². The number of benzene rings is 1. The summed E-state index contributed by atoms with van der Waals surface area (Å²) in [7, 11) is -2.00. The summed E-state index contributed by atoms with van der Waals surface area (Å²) in [6, 6.07) is 4.90. The van der Waals surface area contributed by atoms with E-state index in [1.807, 2.05) is 10.2 Å². The largest absolute Gasteiger partial charge is 0.491 e. The molecule has 0 saturated carbocycles. The van der Waals surface area contributed by atoms with Crippen molar-refractivity contribution in [2.24, 2.45) is 0 Å². The molecule has 0 N–H and O–H groups in total. The Hall–Kier alpha value is -0.543. The number of hydrogen-bond acceptors (Lipinski definition) is 2. The zero-order valence-corrected chi connectivity index (χ0v) is 17.7. The highest BCUT2D eigenvalue weighted by molar-refractivity contribution is 14.1. The molecule has 0 heterocycles. The second-order valence-corrected chi connectivity index (χ2v) is 12.5. The molecule has 0 radical (unpaired) electrons. The summed E-state index contributed by atoms with van der Waals surface area (Å²) in [5, 5.41) is 0.0422. The highest BCUT2D eigenvalue weighted by atomic mass is 127. The third kappa shape index (κ3) is 6.40. The molecule has 0 aromatic heterocycles. The minimum absolute atomic E-state index is 0.0422. The lowest BCUT2D eigenvalue weighted by Crippen LogP contribution is -2.44. The van der Waals surface area contributed by atoms with Gasteiger partial charge in [0.05, 0.1) is 11.7 Å². The Morgan fingerprint density at radius 1 is 1.21 bits per heavy atom. The van der Waals surface area contributed by atoms with Crippen molar-refractivity contribution in [3.05, 3.63) is 40.0 Å². The van der Waals surface area contributed by atoms with E-state index in [-0.39, 0.29) is 23.5 Å². The molecule has 1 atom stereocenters. The van der Waals surface area contributed by atoms with E-state index in [0.29, 0.717) is 0 Å². The van der Waals surface area contributed by atoms with Gasteiger partial charge in [0.1, 0.15) is 12.4 Å². The molecule has 1 rings (SSSR count). The molecule has 1 unspecified atom stereocenters. The Morgan fingerprint density at radius 2 is 1.83 bits per heavy atom. The normalized spacial score (nSPS) is 14.9. The third-order valence-electron chi connectivity index (χ3n) is 4.12. The summed E-state index contributed by atoms with van der Waals surface area (Å²) < 4.78 is 51.9. The Balaban J connectivity index is 2.81. The molecule has 7 heteroatoms. The van der Waals surface area contributed by atoms with E-state index in [1.165, 1.54) is 12.1 Å². The molecule has 1 aromatic carbocycles. The number of hydrogen-bond donors (Lipinski definition) is 0. The van der Waals surface area contributed by atoms with Gasteiger partial charge < -0.3 is 9.16 Å². The van der Waals surface area contributed by atoms with Gasteiger partial charge in [0.15, 0.2) is 8.32 Å². The van der Waals surface area contributed by atoms with Gasteiger partial charge in [0.2, 0.25) is 0 Å². The van der Waals surface area contributed by atoms with E-state index in [1.54, 1.807) is 0 Å². The molecule has 136 valence electrons. The van der Waals surface area contributed by atoms with Crippen LogP contribution < -0.4 is 4.74 Å². The van der Waals surface area contributed by atoms with Crippen LogP contribution in [0.15, 0.2) is 34.4 Å². The van der Waals surface area contributed by atoms with Gasteiger partial charge in [0.25, 0.3) is 0 Å². The summed E-state index contributed by atoms with van der Waals surface area (Å²) in [4.78, 5) is 0. The van der Waals surface area contributed by atoms with E-state index < -0.39 is 20.1 Å². The van der Waals surface area contributed by atoms with Gasteiger partial charge >= 0.3 is 6.18 Å². The second kappa shape index (κ2) is 8.22. The number of ether oxygens (including phenoxy) is 1. The molecular weight excluding hydrogens is 448 g/mol. The SMILES string of the molecule is CC(C)(C)[Si](C)(C)OC(/C=C/I)COc1cccc(C(F)(F)F)c1. The average Bonchev–Trinajstić information content (AvgIpc) is 2.43. The quantitative estimate of drug-likeness (QED) is 0.351. The number of halogens is 4. The lowest BCUT2D eigenvalue weighted by atomic mass is 10.2. The van der Waals surface area contributed by atoms with Crippen molar-refractivity contribution < 1.29 is 22.3 Å². The fourth-order valence-corrected chi connectivity index (χ4v) is 3.43. The first kappa shape index (κ1) is 21.5. The van der Waals surface area contributed by atoms with Gasteiger partial charge in [-0.2, -0.15) is 13.2 Å². The molecule has 0 aliphatic carbocycles. The molecule has 2 nitrogen and oxygen atoms in total. The summed E-state index contributed by atoms with van der Waals surface area (Å²) >= 11 is 2.10. The van der Waals surface area contributed by atoms with Crippen LogP contribution in [0.5, 0.6) is 5.75 Å². The van der Waals surface area contributed by atoms with Crippen LogP contribution in [0.3, 0.4) is 0 Å². The molecule has 0 fully saturated rings. The van der Waals surface area contributed by atoms with Crippen molar-refractivity contribution in [2.75, 3.05) is 6.61 Å². The molecule has 1 aromatic rings. The van der Waals surface area contributed by atoms with E-state index in [0.717, 1.165) is 12.1 Å². The maximum atomic E-state index is 12.8. The van der Waals surface area contributed by atoms with Gasteiger partial charge in [-0.05, 0) is 46.5 Å². The first-order chi connectivity index (χ1) is 10.9. The van der Waals surface area contributed by atoms with Gasteiger partial charge in [0, 0.05) is 0 Å². The van der Waals surface area contributed by atoms with Crippen LogP contribution in [0.2, 0.25) is 18.1 Å². The van der Waals surface area contributed by atoms with Crippen LogP contribution >= 0.6 is 22.6 Å². The minimum Gasteiger partial charge on any atom is -0.491 e. The fourth-order valence-electron chi connectivity index (χ4n) is 1.71. The van der Waals surface area contributed by atoms with Crippen LogP contribution in [-0.2, 0) is 10.6 Å². The molecular formula is C17H24F3IO2Si. The van der Waals surface area contributed by atoms with Gasteiger partial charge in [-0.1, -0.05) is 49.4 Å². The Morgan fingerprint density at radius 3 is 2.33 bits per heavy atom. The van der Waals surface area contributed by atoms with Crippen molar-refractivity contribution in [3.63, 3.8) is 0 Å². The molecule has 0 amide bonds. The zero-order valence-electron chi connectivity index (χ0n) is 14.6. The van der Waals surface area contributed by atoms with E-state index in [2.05, 4.69) is 56.5 Å². The fraction of sp³-hybridized carbons (Fsp3) is 0.529. The summed E-state index contributed by atoms with van der Waals surface area (Å²) in [5.41, 5.74) is -0.716. The van der Waals surface area contributed by atoms with Crippen molar-refractivity contribution in [1.29, 1.82) is 0 Å². The maximum absolute atomic E-state index is 12.8. The first-order valence-electron chi connectivity index (χ1n) is 7.61. The van der Waals surface area contributed by atoms with Crippen LogP contribution in [-0.4, -0.2) is 21.0 Å². The topological polar surface area (TPSA) is 18.5 Å². The predicted octanol–water partition coefficient (Wildman–Crippen LogP) is 6.42. The van der Waals surface area contributed by atoms with Crippen molar-refractivity contribution >= 4 is 30.9 Å². The summed E-state index contributed by atoms with van der Waals surface area (Å²) in [5.74, 6) is 0.190. The first-order valence-corrected chi connectivity index (χ1v) is 11.8. The van der Waals surface area contributed by atoms with Crippen molar-refractivity contribution in [1.82, 2.24) is 0 Å². The van der Waals surface area contributed by atoms with Crippen LogP contribution in [0.4, 0.5) is 13.2 Å². The average molecular weight is 472 g/mol. The van der Waals surface area contributed by atoms with Crippen LogP contribution in [0.1, 0.15) is 26.3 Å². The van der Waals surface area contributed by atoms with Gasteiger partial charge in [-0.3, -0.25) is 0 Å².